The fourth-order valence-corrected chi connectivity index (χ4v) is 2.66. The third-order valence-corrected chi connectivity index (χ3v) is 4.63. The van der Waals surface area contributed by atoms with Gasteiger partial charge in [-0.2, -0.15) is 0 Å². The van der Waals surface area contributed by atoms with E-state index in [0.717, 1.165) is 5.56 Å². The van der Waals surface area contributed by atoms with E-state index in [4.69, 9.17) is 13.8 Å². The summed E-state index contributed by atoms with van der Waals surface area (Å²) in [4.78, 5) is 0. The summed E-state index contributed by atoms with van der Waals surface area (Å²) < 4.78 is 26.7. The summed E-state index contributed by atoms with van der Waals surface area (Å²) in [5.74, 6) is 0. The van der Waals surface area contributed by atoms with Crippen LogP contribution in [0.5, 0.6) is 0 Å². The third kappa shape index (κ3) is 6.32. The zero-order valence-corrected chi connectivity index (χ0v) is 12.2. The maximum Gasteiger partial charge on any atom is 0.330 e. The number of ether oxygens (including phenoxy) is 1. The SMILES string of the molecule is COP(=O)(CCC(O)COCc1ccccc1)OC. The molecule has 0 aromatic heterocycles. The third-order valence-electron chi connectivity index (χ3n) is 2.71. The normalized spacial score (nSPS) is 13.4. The zero-order valence-electron chi connectivity index (χ0n) is 11.3. The summed E-state index contributed by atoms with van der Waals surface area (Å²) in [6, 6.07) is 9.71. The van der Waals surface area contributed by atoms with Crippen molar-refractivity contribution in [1.29, 1.82) is 0 Å². The van der Waals surface area contributed by atoms with E-state index in [1.807, 2.05) is 30.3 Å². The lowest BCUT2D eigenvalue weighted by Gasteiger charge is -2.16. The van der Waals surface area contributed by atoms with Crippen LogP contribution in [0.2, 0.25) is 0 Å². The van der Waals surface area contributed by atoms with Crippen LogP contribution in [0.4, 0.5) is 0 Å². The van der Waals surface area contributed by atoms with Crippen molar-refractivity contribution in [1.82, 2.24) is 0 Å². The maximum absolute atomic E-state index is 11.8. The molecule has 1 unspecified atom stereocenters. The lowest BCUT2D eigenvalue weighted by Crippen LogP contribution is -2.17. The lowest BCUT2D eigenvalue weighted by atomic mass is 10.2. The van der Waals surface area contributed by atoms with Crippen molar-refractivity contribution in [3.05, 3.63) is 35.9 Å². The van der Waals surface area contributed by atoms with Gasteiger partial charge in [0, 0.05) is 14.2 Å². The summed E-state index contributed by atoms with van der Waals surface area (Å²) in [7, 11) is -0.369. The average molecular weight is 288 g/mol. The van der Waals surface area contributed by atoms with E-state index in [-0.39, 0.29) is 12.8 Å². The van der Waals surface area contributed by atoms with Gasteiger partial charge in [-0.3, -0.25) is 4.57 Å². The van der Waals surface area contributed by atoms with Crippen LogP contribution in [0.1, 0.15) is 12.0 Å². The monoisotopic (exact) mass is 288 g/mol. The van der Waals surface area contributed by atoms with Crippen molar-refractivity contribution < 1.29 is 23.5 Å². The summed E-state index contributed by atoms with van der Waals surface area (Å²) in [5, 5.41) is 9.72. The van der Waals surface area contributed by atoms with Crippen LogP contribution in [0.25, 0.3) is 0 Å². The molecule has 5 nitrogen and oxygen atoms in total. The first-order valence-corrected chi connectivity index (χ1v) is 7.82. The zero-order chi connectivity index (χ0) is 14.1. The Morgan fingerprint density at radius 3 is 2.42 bits per heavy atom. The molecule has 1 aromatic carbocycles. The number of rotatable bonds is 9. The topological polar surface area (TPSA) is 65.0 Å². The smallest absolute Gasteiger partial charge is 0.330 e. The predicted molar refractivity (Wildman–Crippen MR) is 73.2 cm³/mol. The molecule has 0 aliphatic heterocycles. The molecule has 0 saturated carbocycles. The molecule has 6 heteroatoms. The van der Waals surface area contributed by atoms with Crippen molar-refractivity contribution in [2.75, 3.05) is 27.0 Å². The second kappa shape index (κ2) is 8.46. The Labute approximate surface area is 114 Å². The summed E-state index contributed by atoms with van der Waals surface area (Å²) >= 11 is 0. The van der Waals surface area contributed by atoms with Gasteiger partial charge >= 0.3 is 7.60 Å². The van der Waals surface area contributed by atoms with Gasteiger partial charge in [0.1, 0.15) is 0 Å². The van der Waals surface area contributed by atoms with Crippen molar-refractivity contribution in [2.24, 2.45) is 0 Å². The molecule has 0 bridgehead atoms. The Balaban J connectivity index is 2.21. The van der Waals surface area contributed by atoms with Gasteiger partial charge in [-0.05, 0) is 12.0 Å². The van der Waals surface area contributed by atoms with Crippen molar-refractivity contribution in [3.8, 4) is 0 Å². The van der Waals surface area contributed by atoms with E-state index in [1.165, 1.54) is 14.2 Å². The molecule has 1 rings (SSSR count). The summed E-state index contributed by atoms with van der Waals surface area (Å²) in [5.41, 5.74) is 1.05. The Morgan fingerprint density at radius 2 is 1.84 bits per heavy atom. The number of hydrogen-bond donors (Lipinski definition) is 1. The van der Waals surface area contributed by atoms with Crippen LogP contribution < -0.4 is 0 Å². The molecule has 1 N–H and O–H groups in total. The number of benzene rings is 1. The second-order valence-corrected chi connectivity index (χ2v) is 6.54. The first-order valence-electron chi connectivity index (χ1n) is 6.10. The van der Waals surface area contributed by atoms with Crippen LogP contribution in [-0.2, 0) is 25.0 Å². The van der Waals surface area contributed by atoms with Gasteiger partial charge in [0.15, 0.2) is 0 Å². The van der Waals surface area contributed by atoms with E-state index in [9.17, 15) is 9.67 Å². The molecule has 1 atom stereocenters. The Kier molecular flexibility index (Phi) is 7.28. The minimum absolute atomic E-state index is 0.176. The van der Waals surface area contributed by atoms with Crippen LogP contribution >= 0.6 is 7.60 Å². The summed E-state index contributed by atoms with van der Waals surface area (Å²) in [6.45, 7) is 0.645. The molecule has 108 valence electrons. The molecular formula is C13H21O5P. The minimum atomic E-state index is -3.04. The van der Waals surface area contributed by atoms with Crippen molar-refractivity contribution >= 4 is 7.60 Å². The molecule has 0 spiro atoms. The van der Waals surface area contributed by atoms with Gasteiger partial charge in [-0.1, -0.05) is 30.3 Å². The van der Waals surface area contributed by atoms with Crippen molar-refractivity contribution in [3.63, 3.8) is 0 Å². The Morgan fingerprint density at radius 1 is 1.21 bits per heavy atom. The number of aliphatic hydroxyl groups excluding tert-OH is 1. The molecule has 0 saturated heterocycles. The first-order chi connectivity index (χ1) is 9.09. The van der Waals surface area contributed by atoms with Gasteiger partial charge in [-0.25, -0.2) is 0 Å². The number of hydrogen-bond acceptors (Lipinski definition) is 5. The van der Waals surface area contributed by atoms with Crippen LogP contribution in [0.15, 0.2) is 30.3 Å². The maximum atomic E-state index is 11.8. The highest BCUT2D eigenvalue weighted by Crippen LogP contribution is 2.46. The fraction of sp³-hybridized carbons (Fsp3) is 0.538. The van der Waals surface area contributed by atoms with Crippen LogP contribution in [0, 0.1) is 0 Å². The van der Waals surface area contributed by atoms with E-state index in [1.54, 1.807) is 0 Å². The van der Waals surface area contributed by atoms with Crippen LogP contribution in [0.3, 0.4) is 0 Å². The molecule has 0 aliphatic rings. The van der Waals surface area contributed by atoms with Crippen molar-refractivity contribution in [2.45, 2.75) is 19.1 Å². The Hall–Kier alpha value is -0.710. The largest absolute Gasteiger partial charge is 0.391 e. The first kappa shape index (κ1) is 16.3. The molecule has 1 aromatic rings. The van der Waals surface area contributed by atoms with E-state index in [2.05, 4.69) is 0 Å². The van der Waals surface area contributed by atoms with E-state index < -0.39 is 13.7 Å². The van der Waals surface area contributed by atoms with E-state index in [0.29, 0.717) is 13.0 Å². The Bertz CT molecular complexity index is 387. The van der Waals surface area contributed by atoms with Gasteiger partial charge in [0.05, 0.1) is 25.5 Å². The van der Waals surface area contributed by atoms with Crippen LogP contribution in [-0.4, -0.2) is 38.2 Å². The van der Waals surface area contributed by atoms with Gasteiger partial charge in [-0.15, -0.1) is 0 Å². The molecular weight excluding hydrogens is 267 g/mol. The molecule has 0 amide bonds. The highest BCUT2D eigenvalue weighted by atomic mass is 31.2. The average Bonchev–Trinajstić information content (AvgIpc) is 2.46. The van der Waals surface area contributed by atoms with E-state index >= 15 is 0 Å². The second-order valence-electron chi connectivity index (χ2n) is 4.14. The molecule has 19 heavy (non-hydrogen) atoms. The highest BCUT2D eigenvalue weighted by Gasteiger charge is 2.22. The minimum Gasteiger partial charge on any atom is -0.391 e. The fourth-order valence-electron chi connectivity index (χ4n) is 1.53. The standard InChI is InChI=1S/C13H21O5P/c1-16-19(15,17-2)9-8-13(14)11-18-10-12-6-4-3-5-7-12/h3-7,13-14H,8-11H2,1-2H3. The highest BCUT2D eigenvalue weighted by molar-refractivity contribution is 7.53. The molecule has 0 heterocycles. The van der Waals surface area contributed by atoms with Gasteiger partial charge in [0.25, 0.3) is 0 Å². The quantitative estimate of drug-likeness (QED) is 0.707. The summed E-state index contributed by atoms with van der Waals surface area (Å²) in [6.07, 6.45) is -0.189. The predicted octanol–water partition coefficient (Wildman–Crippen LogP) is 2.44. The number of aliphatic hydroxyl groups is 1. The van der Waals surface area contributed by atoms with Gasteiger partial charge in [0.2, 0.25) is 0 Å². The molecule has 0 aliphatic carbocycles. The van der Waals surface area contributed by atoms with Gasteiger partial charge < -0.3 is 18.9 Å². The lowest BCUT2D eigenvalue weighted by molar-refractivity contribution is 0.0266. The molecule has 0 radical (unpaired) electrons. The molecule has 0 fully saturated rings.